The van der Waals surface area contributed by atoms with Gasteiger partial charge in [-0.1, -0.05) is 38.1 Å². The molecule has 0 aliphatic heterocycles. The zero-order chi connectivity index (χ0) is 12.5. The monoisotopic (exact) mass is 235 g/mol. The molecule has 2 atom stereocenters. The molecule has 0 saturated heterocycles. The Morgan fingerprint density at radius 2 is 2.18 bits per heavy atom. The highest BCUT2D eigenvalue weighted by Crippen LogP contribution is 2.27. The molecule has 2 rings (SSSR count). The van der Waals surface area contributed by atoms with Crippen molar-refractivity contribution in [3.8, 4) is 0 Å². The summed E-state index contributed by atoms with van der Waals surface area (Å²) in [5.74, 6) is 1.72. The van der Waals surface area contributed by atoms with Gasteiger partial charge in [0.25, 0.3) is 0 Å². The smallest absolute Gasteiger partial charge is 0.233 e. The maximum Gasteiger partial charge on any atom is 0.233 e. The van der Waals surface area contributed by atoms with E-state index in [1.54, 1.807) is 0 Å². The molecule has 1 aromatic rings. The van der Waals surface area contributed by atoms with Crippen molar-refractivity contribution in [3.63, 3.8) is 0 Å². The summed E-state index contributed by atoms with van der Waals surface area (Å²) in [6.45, 7) is 6.65. The molecule has 1 aromatic heterocycles. The third-order valence-corrected chi connectivity index (χ3v) is 3.02. The second-order valence-electron chi connectivity index (χ2n) is 6.00. The summed E-state index contributed by atoms with van der Waals surface area (Å²) in [5, 5.41) is 4.03. The Labute approximate surface area is 102 Å². The van der Waals surface area contributed by atoms with Gasteiger partial charge in [-0.15, -0.1) is 0 Å². The van der Waals surface area contributed by atoms with Crippen LogP contribution in [0.5, 0.6) is 0 Å². The molecular formula is C13H21N3O. The van der Waals surface area contributed by atoms with Crippen LogP contribution in [0.3, 0.4) is 0 Å². The summed E-state index contributed by atoms with van der Waals surface area (Å²) in [4.78, 5) is 4.45. The van der Waals surface area contributed by atoms with E-state index in [2.05, 4.69) is 37.0 Å². The van der Waals surface area contributed by atoms with Crippen LogP contribution in [0.25, 0.3) is 0 Å². The average Bonchev–Trinajstić information content (AvgIpc) is 2.81. The van der Waals surface area contributed by atoms with Crippen LogP contribution in [-0.4, -0.2) is 16.2 Å². The van der Waals surface area contributed by atoms with Crippen molar-refractivity contribution in [2.75, 3.05) is 0 Å². The number of nitrogens with zero attached hydrogens (tertiary/aromatic N) is 2. The van der Waals surface area contributed by atoms with E-state index in [-0.39, 0.29) is 12.0 Å². The van der Waals surface area contributed by atoms with Crippen molar-refractivity contribution < 1.29 is 4.52 Å². The fourth-order valence-electron chi connectivity index (χ4n) is 1.92. The molecule has 0 amide bonds. The number of hydrogen-bond donors (Lipinski definition) is 1. The molecule has 1 heterocycles. The van der Waals surface area contributed by atoms with Gasteiger partial charge in [0.2, 0.25) is 5.89 Å². The standard InChI is InChI=1S/C13H21N3O/c1-13(2,3)7-6-11-15-12(17-16-11)9-4-5-10(14)8-9/h4-5,9-10H,6-8,14H2,1-3H3. The van der Waals surface area contributed by atoms with Gasteiger partial charge in [-0.25, -0.2) is 0 Å². The largest absolute Gasteiger partial charge is 0.339 e. The fraction of sp³-hybridized carbons (Fsp3) is 0.692. The Hall–Kier alpha value is -1.16. The topological polar surface area (TPSA) is 64.9 Å². The van der Waals surface area contributed by atoms with Gasteiger partial charge in [-0.05, 0) is 18.3 Å². The lowest BCUT2D eigenvalue weighted by molar-refractivity contribution is 0.348. The molecule has 0 radical (unpaired) electrons. The van der Waals surface area contributed by atoms with Crippen molar-refractivity contribution in [1.29, 1.82) is 0 Å². The van der Waals surface area contributed by atoms with Crippen molar-refractivity contribution in [2.24, 2.45) is 11.1 Å². The van der Waals surface area contributed by atoms with Gasteiger partial charge in [0.1, 0.15) is 0 Å². The van der Waals surface area contributed by atoms with E-state index in [0.717, 1.165) is 25.1 Å². The van der Waals surface area contributed by atoms with Crippen LogP contribution in [0, 0.1) is 5.41 Å². The molecular weight excluding hydrogens is 214 g/mol. The lowest BCUT2D eigenvalue weighted by Crippen LogP contribution is -2.14. The van der Waals surface area contributed by atoms with Gasteiger partial charge in [-0.2, -0.15) is 4.98 Å². The van der Waals surface area contributed by atoms with Crippen LogP contribution in [0.1, 0.15) is 51.2 Å². The summed E-state index contributed by atoms with van der Waals surface area (Å²) < 4.78 is 5.29. The molecule has 1 aliphatic carbocycles. The van der Waals surface area contributed by atoms with Crippen molar-refractivity contribution in [2.45, 2.75) is 52.0 Å². The lowest BCUT2D eigenvalue weighted by atomic mass is 9.90. The molecule has 17 heavy (non-hydrogen) atoms. The van der Waals surface area contributed by atoms with Crippen LogP contribution in [0.4, 0.5) is 0 Å². The molecule has 4 nitrogen and oxygen atoms in total. The first-order valence-corrected chi connectivity index (χ1v) is 6.20. The minimum Gasteiger partial charge on any atom is -0.339 e. The Kier molecular flexibility index (Phi) is 3.33. The molecule has 2 unspecified atom stereocenters. The molecule has 4 heteroatoms. The second-order valence-corrected chi connectivity index (χ2v) is 6.00. The highest BCUT2D eigenvalue weighted by molar-refractivity contribution is 5.15. The number of hydrogen-bond acceptors (Lipinski definition) is 4. The average molecular weight is 235 g/mol. The number of aromatic nitrogens is 2. The maximum atomic E-state index is 5.81. The third kappa shape index (κ3) is 3.40. The molecule has 1 aliphatic rings. The van der Waals surface area contributed by atoms with Crippen LogP contribution in [0.15, 0.2) is 16.7 Å². The number of nitrogens with two attached hydrogens (primary N) is 1. The highest BCUT2D eigenvalue weighted by Gasteiger charge is 2.23. The quantitative estimate of drug-likeness (QED) is 0.817. The van der Waals surface area contributed by atoms with Crippen LogP contribution < -0.4 is 5.73 Å². The molecule has 0 saturated carbocycles. The van der Waals surface area contributed by atoms with Crippen LogP contribution in [0.2, 0.25) is 0 Å². The minimum atomic E-state index is 0.130. The Morgan fingerprint density at radius 3 is 2.76 bits per heavy atom. The van der Waals surface area contributed by atoms with Crippen molar-refractivity contribution in [1.82, 2.24) is 10.1 Å². The van der Waals surface area contributed by atoms with Gasteiger partial charge < -0.3 is 10.3 Å². The van der Waals surface area contributed by atoms with Gasteiger partial charge >= 0.3 is 0 Å². The first kappa shape index (κ1) is 12.3. The van der Waals surface area contributed by atoms with Crippen LogP contribution >= 0.6 is 0 Å². The minimum absolute atomic E-state index is 0.130. The van der Waals surface area contributed by atoms with E-state index in [9.17, 15) is 0 Å². The fourth-order valence-corrected chi connectivity index (χ4v) is 1.92. The summed E-state index contributed by atoms with van der Waals surface area (Å²) in [6.07, 6.45) is 6.87. The van der Waals surface area contributed by atoms with Crippen molar-refractivity contribution in [3.05, 3.63) is 23.9 Å². The van der Waals surface area contributed by atoms with E-state index < -0.39 is 0 Å². The SMILES string of the molecule is CC(C)(C)CCc1noc(C2C=CC(N)C2)n1. The zero-order valence-electron chi connectivity index (χ0n) is 10.8. The van der Waals surface area contributed by atoms with Crippen molar-refractivity contribution >= 4 is 0 Å². The predicted octanol–water partition coefficient (Wildman–Crippen LogP) is 2.42. The predicted molar refractivity (Wildman–Crippen MR) is 66.5 cm³/mol. The molecule has 0 spiro atoms. The molecule has 0 bridgehead atoms. The summed E-state index contributed by atoms with van der Waals surface area (Å²) >= 11 is 0. The Balaban J connectivity index is 1.95. The van der Waals surface area contributed by atoms with E-state index in [4.69, 9.17) is 10.3 Å². The zero-order valence-corrected chi connectivity index (χ0v) is 10.8. The second kappa shape index (κ2) is 4.61. The maximum absolute atomic E-state index is 5.81. The van der Waals surface area contributed by atoms with E-state index in [0.29, 0.717) is 11.3 Å². The lowest BCUT2D eigenvalue weighted by Gasteiger charge is -2.15. The van der Waals surface area contributed by atoms with Crippen LogP contribution in [-0.2, 0) is 6.42 Å². The number of allylic oxidation sites excluding steroid dienone is 1. The number of rotatable bonds is 3. The van der Waals surface area contributed by atoms with E-state index in [1.807, 2.05) is 6.08 Å². The number of aryl methyl sites for hydroxylation is 1. The summed E-state index contributed by atoms with van der Waals surface area (Å²) in [7, 11) is 0. The molecule has 2 N–H and O–H groups in total. The Bertz CT molecular complexity index is 403. The molecule has 0 aromatic carbocycles. The molecule has 94 valence electrons. The van der Waals surface area contributed by atoms with E-state index in [1.165, 1.54) is 0 Å². The summed E-state index contributed by atoms with van der Waals surface area (Å²) in [5.41, 5.74) is 6.11. The van der Waals surface area contributed by atoms with Gasteiger partial charge in [0.05, 0.1) is 5.92 Å². The highest BCUT2D eigenvalue weighted by atomic mass is 16.5. The van der Waals surface area contributed by atoms with Gasteiger partial charge in [0.15, 0.2) is 5.82 Å². The normalized spacial score (nSPS) is 24.5. The summed E-state index contributed by atoms with van der Waals surface area (Å²) in [6, 6.07) is 0.130. The Morgan fingerprint density at radius 1 is 1.41 bits per heavy atom. The first-order chi connectivity index (χ1) is 7.94. The van der Waals surface area contributed by atoms with Gasteiger partial charge in [0, 0.05) is 12.5 Å². The van der Waals surface area contributed by atoms with Gasteiger partial charge in [-0.3, -0.25) is 0 Å². The third-order valence-electron chi connectivity index (χ3n) is 3.02. The molecule has 0 fully saturated rings. The first-order valence-electron chi connectivity index (χ1n) is 6.20. The van der Waals surface area contributed by atoms with E-state index >= 15 is 0 Å².